The molecule has 3 N–H and O–H groups in total. The SMILES string of the molecule is Cc1cc(NC(=O)COC(=O)c2ccc(Cl)cc2N)no1. The van der Waals surface area contributed by atoms with Crippen molar-refractivity contribution in [2.24, 2.45) is 0 Å². The lowest BCUT2D eigenvalue weighted by Gasteiger charge is -2.06. The number of ether oxygens (including phenoxy) is 1. The number of carbonyl (C=O) groups is 2. The van der Waals surface area contributed by atoms with E-state index in [9.17, 15) is 9.59 Å². The van der Waals surface area contributed by atoms with Gasteiger partial charge < -0.3 is 20.3 Å². The average molecular weight is 310 g/mol. The van der Waals surface area contributed by atoms with Crippen LogP contribution in [0.3, 0.4) is 0 Å². The Kier molecular flexibility index (Phi) is 4.44. The zero-order valence-electron chi connectivity index (χ0n) is 11.1. The van der Waals surface area contributed by atoms with Gasteiger partial charge in [-0.1, -0.05) is 16.8 Å². The van der Waals surface area contributed by atoms with Gasteiger partial charge in [0, 0.05) is 16.8 Å². The largest absolute Gasteiger partial charge is 0.452 e. The van der Waals surface area contributed by atoms with E-state index in [2.05, 4.69) is 10.5 Å². The second-order valence-electron chi connectivity index (χ2n) is 4.18. The number of hydrogen-bond donors (Lipinski definition) is 2. The van der Waals surface area contributed by atoms with Crippen molar-refractivity contribution < 1.29 is 18.8 Å². The number of halogens is 1. The molecule has 21 heavy (non-hydrogen) atoms. The van der Waals surface area contributed by atoms with Crippen LogP contribution in [0.2, 0.25) is 5.02 Å². The fourth-order valence-corrected chi connectivity index (χ4v) is 1.71. The molecule has 1 heterocycles. The minimum atomic E-state index is -0.712. The lowest BCUT2D eigenvalue weighted by Crippen LogP contribution is -2.21. The molecule has 0 fully saturated rings. The highest BCUT2D eigenvalue weighted by atomic mass is 35.5. The number of nitrogens with two attached hydrogens (primary N) is 1. The van der Waals surface area contributed by atoms with E-state index in [1.54, 1.807) is 6.92 Å². The predicted octanol–water partition coefficient (Wildman–Crippen LogP) is 2.01. The molecule has 1 aromatic heterocycles. The number of benzene rings is 1. The van der Waals surface area contributed by atoms with Crippen molar-refractivity contribution >= 4 is 35.0 Å². The summed E-state index contributed by atoms with van der Waals surface area (Å²) in [4.78, 5) is 23.4. The van der Waals surface area contributed by atoms with E-state index in [1.165, 1.54) is 24.3 Å². The molecule has 0 aliphatic heterocycles. The predicted molar refractivity (Wildman–Crippen MR) is 76.0 cm³/mol. The molecule has 8 heteroatoms. The first kappa shape index (κ1) is 14.9. The molecule has 1 amide bonds. The Balaban J connectivity index is 1.90. The van der Waals surface area contributed by atoms with Crippen molar-refractivity contribution in [1.82, 2.24) is 5.16 Å². The fraction of sp³-hybridized carbons (Fsp3) is 0.154. The molecule has 2 aromatic rings. The zero-order chi connectivity index (χ0) is 15.4. The minimum absolute atomic E-state index is 0.143. The molecule has 0 atom stereocenters. The number of anilines is 2. The third-order valence-corrected chi connectivity index (χ3v) is 2.70. The van der Waals surface area contributed by atoms with Crippen LogP contribution in [0.5, 0.6) is 0 Å². The van der Waals surface area contributed by atoms with Gasteiger partial charge in [-0.25, -0.2) is 4.79 Å². The third kappa shape index (κ3) is 3.96. The van der Waals surface area contributed by atoms with E-state index in [0.717, 1.165) is 0 Å². The van der Waals surface area contributed by atoms with Gasteiger partial charge in [-0.05, 0) is 25.1 Å². The third-order valence-electron chi connectivity index (χ3n) is 2.46. The summed E-state index contributed by atoms with van der Waals surface area (Å²) in [5.74, 6) is -0.448. The van der Waals surface area contributed by atoms with Gasteiger partial charge in [0.2, 0.25) is 0 Å². The van der Waals surface area contributed by atoms with Crippen LogP contribution >= 0.6 is 11.6 Å². The van der Waals surface area contributed by atoms with Crippen LogP contribution in [0.4, 0.5) is 11.5 Å². The first-order valence-electron chi connectivity index (χ1n) is 5.91. The summed E-state index contributed by atoms with van der Waals surface area (Å²) in [6.07, 6.45) is 0. The Morgan fingerprint density at radius 3 is 2.81 bits per heavy atom. The number of rotatable bonds is 4. The van der Waals surface area contributed by atoms with Crippen molar-refractivity contribution in [2.75, 3.05) is 17.7 Å². The van der Waals surface area contributed by atoms with Crippen molar-refractivity contribution in [1.29, 1.82) is 0 Å². The van der Waals surface area contributed by atoms with Crippen LogP contribution in [0.1, 0.15) is 16.1 Å². The van der Waals surface area contributed by atoms with Gasteiger partial charge in [-0.2, -0.15) is 0 Å². The van der Waals surface area contributed by atoms with Gasteiger partial charge in [0.05, 0.1) is 5.56 Å². The van der Waals surface area contributed by atoms with E-state index in [-0.39, 0.29) is 17.1 Å². The highest BCUT2D eigenvalue weighted by Gasteiger charge is 2.14. The van der Waals surface area contributed by atoms with Gasteiger partial charge in [-0.15, -0.1) is 0 Å². The quantitative estimate of drug-likeness (QED) is 0.661. The molecule has 0 aliphatic rings. The molecule has 0 bridgehead atoms. The number of nitrogens with one attached hydrogen (secondary N) is 1. The Bertz CT molecular complexity index is 684. The number of esters is 1. The molecule has 0 unspecified atom stereocenters. The second kappa shape index (κ2) is 6.27. The summed E-state index contributed by atoms with van der Waals surface area (Å²) in [5.41, 5.74) is 5.97. The number of amides is 1. The van der Waals surface area contributed by atoms with Gasteiger partial charge >= 0.3 is 5.97 Å². The molecule has 0 aliphatic carbocycles. The standard InChI is InChI=1S/C13H12ClN3O4/c1-7-4-11(17-21-7)16-12(18)6-20-13(19)9-3-2-8(14)5-10(9)15/h2-5H,6,15H2,1H3,(H,16,17,18). The number of nitrogens with zero attached hydrogens (tertiary/aromatic N) is 1. The van der Waals surface area contributed by atoms with Gasteiger partial charge in [-0.3, -0.25) is 4.79 Å². The molecule has 2 rings (SSSR count). The van der Waals surface area contributed by atoms with Crippen molar-refractivity contribution in [3.05, 3.63) is 40.6 Å². The molecule has 0 saturated carbocycles. The lowest BCUT2D eigenvalue weighted by atomic mass is 10.2. The van der Waals surface area contributed by atoms with Crippen LogP contribution in [0.25, 0.3) is 0 Å². The first-order valence-corrected chi connectivity index (χ1v) is 6.29. The molecule has 1 aromatic carbocycles. The Labute approximate surface area is 125 Å². The fourth-order valence-electron chi connectivity index (χ4n) is 1.53. The molecule has 0 spiro atoms. The van der Waals surface area contributed by atoms with E-state index < -0.39 is 18.5 Å². The Hall–Kier alpha value is -2.54. The maximum atomic E-state index is 11.8. The lowest BCUT2D eigenvalue weighted by molar-refractivity contribution is -0.119. The molecule has 110 valence electrons. The smallest absolute Gasteiger partial charge is 0.340 e. The number of aromatic nitrogens is 1. The zero-order valence-corrected chi connectivity index (χ0v) is 11.8. The van der Waals surface area contributed by atoms with Gasteiger partial charge in [0.1, 0.15) is 5.76 Å². The summed E-state index contributed by atoms with van der Waals surface area (Å²) < 4.78 is 9.64. The summed E-state index contributed by atoms with van der Waals surface area (Å²) in [6, 6.07) is 5.90. The monoisotopic (exact) mass is 309 g/mol. The highest BCUT2D eigenvalue weighted by Crippen LogP contribution is 2.18. The van der Waals surface area contributed by atoms with Crippen LogP contribution in [0, 0.1) is 6.92 Å². The summed E-state index contributed by atoms with van der Waals surface area (Å²) in [6.45, 7) is 1.22. The maximum Gasteiger partial charge on any atom is 0.340 e. The van der Waals surface area contributed by atoms with Gasteiger partial charge in [0.25, 0.3) is 5.91 Å². The van der Waals surface area contributed by atoms with E-state index in [0.29, 0.717) is 10.8 Å². The first-order chi connectivity index (χ1) is 9.95. The van der Waals surface area contributed by atoms with E-state index in [4.69, 9.17) is 26.6 Å². The van der Waals surface area contributed by atoms with E-state index in [1.807, 2.05) is 0 Å². The number of aryl methyl sites for hydroxylation is 1. The average Bonchev–Trinajstić information content (AvgIpc) is 2.81. The number of nitrogen functional groups attached to an aromatic ring is 1. The van der Waals surface area contributed by atoms with Crippen LogP contribution in [0.15, 0.2) is 28.8 Å². The Morgan fingerprint density at radius 1 is 1.43 bits per heavy atom. The van der Waals surface area contributed by atoms with Crippen molar-refractivity contribution in [2.45, 2.75) is 6.92 Å². The molecule has 0 saturated heterocycles. The van der Waals surface area contributed by atoms with E-state index >= 15 is 0 Å². The molecule has 0 radical (unpaired) electrons. The normalized spacial score (nSPS) is 10.2. The Morgan fingerprint density at radius 2 is 2.19 bits per heavy atom. The summed E-state index contributed by atoms with van der Waals surface area (Å²) >= 11 is 5.73. The topological polar surface area (TPSA) is 107 Å². The van der Waals surface area contributed by atoms with Crippen molar-refractivity contribution in [3.63, 3.8) is 0 Å². The molecular formula is C13H12ClN3O4. The molecule has 7 nitrogen and oxygen atoms in total. The summed E-state index contributed by atoms with van der Waals surface area (Å²) in [5, 5.41) is 6.41. The maximum absolute atomic E-state index is 11.8. The molecular weight excluding hydrogens is 298 g/mol. The number of carbonyl (C=O) groups excluding carboxylic acids is 2. The number of hydrogen-bond acceptors (Lipinski definition) is 6. The van der Waals surface area contributed by atoms with Gasteiger partial charge in [0.15, 0.2) is 12.4 Å². The van der Waals surface area contributed by atoms with Crippen molar-refractivity contribution in [3.8, 4) is 0 Å². The summed E-state index contributed by atoms with van der Waals surface area (Å²) in [7, 11) is 0. The van der Waals surface area contributed by atoms with Crippen LogP contribution in [-0.4, -0.2) is 23.6 Å². The second-order valence-corrected chi connectivity index (χ2v) is 4.62. The highest BCUT2D eigenvalue weighted by molar-refractivity contribution is 6.31. The van der Waals surface area contributed by atoms with Crippen LogP contribution < -0.4 is 11.1 Å². The van der Waals surface area contributed by atoms with Crippen LogP contribution in [-0.2, 0) is 9.53 Å². The minimum Gasteiger partial charge on any atom is -0.452 e.